The Morgan fingerprint density at radius 1 is 1.28 bits per heavy atom. The predicted molar refractivity (Wildman–Crippen MR) is 111 cm³/mol. The van der Waals surface area contributed by atoms with Crippen molar-refractivity contribution in [3.05, 3.63) is 59.9 Å². The molecule has 1 fully saturated rings. The number of hydrogen-bond donors (Lipinski definition) is 0. The lowest BCUT2D eigenvalue weighted by Crippen LogP contribution is -2.39. The van der Waals surface area contributed by atoms with E-state index in [2.05, 4.69) is 18.8 Å². The molecule has 6 heteroatoms. The van der Waals surface area contributed by atoms with Crippen LogP contribution in [0.15, 0.2) is 48.7 Å². The molecule has 1 unspecified atom stereocenters. The van der Waals surface area contributed by atoms with Gasteiger partial charge in [-0.2, -0.15) is 0 Å². The molecule has 0 aliphatic carbocycles. The van der Waals surface area contributed by atoms with E-state index in [-0.39, 0.29) is 24.2 Å². The van der Waals surface area contributed by atoms with Crippen LogP contribution in [0.25, 0.3) is 0 Å². The van der Waals surface area contributed by atoms with Gasteiger partial charge in [0.15, 0.2) is 0 Å². The number of aromatic nitrogens is 1. The monoisotopic (exact) mass is 395 g/mol. The van der Waals surface area contributed by atoms with Crippen LogP contribution >= 0.6 is 0 Å². The quantitative estimate of drug-likeness (QED) is 0.689. The molecule has 0 spiro atoms. The van der Waals surface area contributed by atoms with E-state index < -0.39 is 0 Å². The predicted octanol–water partition coefficient (Wildman–Crippen LogP) is 3.12. The van der Waals surface area contributed by atoms with Crippen molar-refractivity contribution in [3.8, 4) is 5.75 Å². The summed E-state index contributed by atoms with van der Waals surface area (Å²) in [6, 6.07) is 13.4. The van der Waals surface area contributed by atoms with Gasteiger partial charge in [-0.3, -0.25) is 14.6 Å². The van der Waals surface area contributed by atoms with Crippen molar-refractivity contribution in [2.75, 3.05) is 20.2 Å². The van der Waals surface area contributed by atoms with Crippen molar-refractivity contribution in [1.82, 2.24) is 14.8 Å². The molecular weight excluding hydrogens is 366 g/mol. The van der Waals surface area contributed by atoms with Gasteiger partial charge in [-0.15, -0.1) is 0 Å². The Labute approximate surface area is 172 Å². The number of amides is 2. The van der Waals surface area contributed by atoms with Gasteiger partial charge in [0.25, 0.3) is 0 Å². The van der Waals surface area contributed by atoms with Crippen LogP contribution in [0.2, 0.25) is 0 Å². The molecule has 0 N–H and O–H groups in total. The summed E-state index contributed by atoms with van der Waals surface area (Å²) in [6.07, 6.45) is 1.98. The minimum absolute atomic E-state index is 0.0138. The highest BCUT2D eigenvalue weighted by Gasteiger charge is 2.36. The second-order valence-electron chi connectivity index (χ2n) is 7.96. The highest BCUT2D eigenvalue weighted by molar-refractivity contribution is 5.89. The number of hydrogen-bond acceptors (Lipinski definition) is 4. The number of pyridine rings is 1. The number of likely N-dealkylation sites (tertiary alicyclic amines) is 1. The summed E-state index contributed by atoms with van der Waals surface area (Å²) in [7, 11) is 1.64. The maximum absolute atomic E-state index is 13.3. The Balaban J connectivity index is 1.69. The fourth-order valence-electron chi connectivity index (χ4n) is 3.70. The summed E-state index contributed by atoms with van der Waals surface area (Å²) in [4.78, 5) is 33.7. The van der Waals surface area contributed by atoms with Gasteiger partial charge >= 0.3 is 0 Å². The number of rotatable bonds is 8. The highest BCUT2D eigenvalue weighted by Crippen LogP contribution is 2.24. The molecule has 2 aromatic rings. The summed E-state index contributed by atoms with van der Waals surface area (Å²) < 4.78 is 5.30. The Bertz CT molecular complexity index is 838. The van der Waals surface area contributed by atoms with E-state index in [4.69, 9.17) is 4.74 Å². The van der Waals surface area contributed by atoms with Crippen LogP contribution in [0.4, 0.5) is 0 Å². The van der Waals surface area contributed by atoms with Gasteiger partial charge in [-0.25, -0.2) is 0 Å². The maximum atomic E-state index is 13.3. The Kier molecular flexibility index (Phi) is 6.86. The first-order valence-electron chi connectivity index (χ1n) is 10.1. The molecular formula is C23H29N3O3. The molecule has 29 heavy (non-hydrogen) atoms. The maximum Gasteiger partial charge on any atom is 0.228 e. The average Bonchev–Trinajstić information content (AvgIpc) is 3.08. The van der Waals surface area contributed by atoms with Crippen LogP contribution in [0.1, 0.15) is 31.5 Å². The van der Waals surface area contributed by atoms with Gasteiger partial charge in [-0.05, 0) is 35.7 Å². The molecule has 1 atom stereocenters. The van der Waals surface area contributed by atoms with Crippen molar-refractivity contribution in [2.45, 2.75) is 33.4 Å². The van der Waals surface area contributed by atoms with Crippen molar-refractivity contribution < 1.29 is 14.3 Å². The molecule has 1 aromatic carbocycles. The number of carbonyl (C=O) groups excluding carboxylic acids is 2. The van der Waals surface area contributed by atoms with Gasteiger partial charge in [0, 0.05) is 32.3 Å². The standard InChI is InChI=1S/C23H29N3O3/c1-17(2)13-26(14-18-7-6-9-21(11-18)29-3)23(28)19-12-22(27)25(15-19)16-20-8-4-5-10-24-20/h4-11,17,19H,12-16H2,1-3H3. The SMILES string of the molecule is COc1cccc(CN(CC(C)C)C(=O)C2CC(=O)N(Cc3ccccn3)C2)c1. The van der Waals surface area contributed by atoms with Crippen LogP contribution in [0.3, 0.4) is 0 Å². The lowest BCUT2D eigenvalue weighted by atomic mass is 10.0. The molecule has 154 valence electrons. The fourth-order valence-corrected chi connectivity index (χ4v) is 3.70. The minimum atomic E-state index is -0.310. The first-order valence-corrected chi connectivity index (χ1v) is 10.1. The number of ether oxygens (including phenoxy) is 1. The van der Waals surface area contributed by atoms with Crippen molar-refractivity contribution in [1.29, 1.82) is 0 Å². The second-order valence-corrected chi connectivity index (χ2v) is 7.96. The topological polar surface area (TPSA) is 62.7 Å². The minimum Gasteiger partial charge on any atom is -0.497 e. The third kappa shape index (κ3) is 5.56. The smallest absolute Gasteiger partial charge is 0.228 e. The number of benzene rings is 1. The second kappa shape index (κ2) is 9.54. The Morgan fingerprint density at radius 2 is 2.10 bits per heavy atom. The van der Waals surface area contributed by atoms with E-state index in [1.165, 1.54) is 0 Å². The van der Waals surface area contributed by atoms with Crippen LogP contribution in [0, 0.1) is 11.8 Å². The third-order valence-electron chi connectivity index (χ3n) is 5.05. The first-order chi connectivity index (χ1) is 14.0. The van der Waals surface area contributed by atoms with E-state index >= 15 is 0 Å². The molecule has 2 amide bonds. The van der Waals surface area contributed by atoms with Gasteiger partial charge in [0.1, 0.15) is 5.75 Å². The van der Waals surface area contributed by atoms with E-state index in [1.807, 2.05) is 47.4 Å². The van der Waals surface area contributed by atoms with Gasteiger partial charge in [0.05, 0.1) is 25.3 Å². The summed E-state index contributed by atoms with van der Waals surface area (Å²) >= 11 is 0. The average molecular weight is 396 g/mol. The van der Waals surface area contributed by atoms with Gasteiger partial charge in [0.2, 0.25) is 11.8 Å². The molecule has 6 nitrogen and oxygen atoms in total. The van der Waals surface area contributed by atoms with Crippen molar-refractivity contribution in [3.63, 3.8) is 0 Å². The van der Waals surface area contributed by atoms with E-state index in [0.717, 1.165) is 17.0 Å². The lowest BCUT2D eigenvalue weighted by molar-refractivity contribution is -0.137. The molecule has 1 saturated heterocycles. The fraction of sp³-hybridized carbons (Fsp3) is 0.435. The molecule has 1 aliphatic rings. The van der Waals surface area contributed by atoms with Crippen LogP contribution in [0.5, 0.6) is 5.75 Å². The van der Waals surface area contributed by atoms with E-state index in [0.29, 0.717) is 32.1 Å². The molecule has 0 radical (unpaired) electrons. The van der Waals surface area contributed by atoms with Crippen LogP contribution in [-0.4, -0.2) is 46.8 Å². The molecule has 3 rings (SSSR count). The molecule has 1 aromatic heterocycles. The van der Waals surface area contributed by atoms with E-state index in [9.17, 15) is 9.59 Å². The largest absolute Gasteiger partial charge is 0.497 e. The number of carbonyl (C=O) groups is 2. The summed E-state index contributed by atoms with van der Waals surface area (Å²) in [5, 5.41) is 0. The zero-order valence-corrected chi connectivity index (χ0v) is 17.4. The molecule has 2 heterocycles. The number of nitrogens with zero attached hydrogens (tertiary/aromatic N) is 3. The van der Waals surface area contributed by atoms with Crippen LogP contribution in [-0.2, 0) is 22.7 Å². The molecule has 0 bridgehead atoms. The summed E-state index contributed by atoms with van der Waals surface area (Å²) in [5.41, 5.74) is 1.86. The van der Waals surface area contributed by atoms with Gasteiger partial charge < -0.3 is 14.5 Å². The van der Waals surface area contributed by atoms with E-state index in [1.54, 1.807) is 18.2 Å². The zero-order chi connectivity index (χ0) is 20.8. The Morgan fingerprint density at radius 3 is 2.79 bits per heavy atom. The van der Waals surface area contributed by atoms with Gasteiger partial charge in [-0.1, -0.05) is 32.0 Å². The van der Waals surface area contributed by atoms with Crippen LogP contribution < -0.4 is 4.74 Å². The van der Waals surface area contributed by atoms with Crippen molar-refractivity contribution >= 4 is 11.8 Å². The third-order valence-corrected chi connectivity index (χ3v) is 5.05. The molecule has 1 aliphatic heterocycles. The normalized spacial score (nSPS) is 16.3. The summed E-state index contributed by atoms with van der Waals surface area (Å²) in [5.74, 6) is 0.858. The Hall–Kier alpha value is -2.89. The highest BCUT2D eigenvalue weighted by atomic mass is 16.5. The summed E-state index contributed by atoms with van der Waals surface area (Å²) in [6.45, 7) is 6.25. The van der Waals surface area contributed by atoms with Crippen molar-refractivity contribution in [2.24, 2.45) is 11.8 Å². The lowest BCUT2D eigenvalue weighted by Gasteiger charge is -2.27. The zero-order valence-electron chi connectivity index (χ0n) is 17.4. The first kappa shape index (κ1) is 20.8. The molecule has 0 saturated carbocycles. The number of methoxy groups -OCH3 is 1.